The van der Waals surface area contributed by atoms with Gasteiger partial charge in [0.25, 0.3) is 0 Å². The summed E-state index contributed by atoms with van der Waals surface area (Å²) >= 11 is 0. The summed E-state index contributed by atoms with van der Waals surface area (Å²) in [5, 5.41) is 3.31. The number of nitrogens with one attached hydrogen (secondary N) is 1. The number of piperidine rings is 1. The van der Waals surface area contributed by atoms with Gasteiger partial charge in [0.05, 0.1) is 13.2 Å². The molecule has 1 spiro atoms. The Balaban J connectivity index is 1.50. The molecule has 142 valence electrons. The molecule has 26 heavy (non-hydrogen) atoms. The molecule has 5 heteroatoms. The van der Waals surface area contributed by atoms with Gasteiger partial charge in [0.1, 0.15) is 6.04 Å². The van der Waals surface area contributed by atoms with E-state index in [4.69, 9.17) is 9.47 Å². The molecule has 0 bridgehead atoms. The third-order valence-corrected chi connectivity index (χ3v) is 6.08. The molecule has 1 saturated carbocycles. The molecule has 5 nitrogen and oxygen atoms in total. The van der Waals surface area contributed by atoms with Gasteiger partial charge < -0.3 is 14.8 Å². The Morgan fingerprint density at radius 3 is 2.35 bits per heavy atom. The summed E-state index contributed by atoms with van der Waals surface area (Å²) in [5.74, 6) is -0.263. The SMILES string of the molecule is Cc1ccc(C(C(=O)NC2CCCC2)N2CCC3(CC2)OCCO3)cc1. The van der Waals surface area contributed by atoms with E-state index in [-0.39, 0.29) is 11.9 Å². The lowest BCUT2D eigenvalue weighted by atomic mass is 9.97. The third kappa shape index (κ3) is 3.80. The summed E-state index contributed by atoms with van der Waals surface area (Å²) in [6, 6.07) is 8.50. The van der Waals surface area contributed by atoms with Gasteiger partial charge >= 0.3 is 0 Å². The number of carbonyl (C=O) groups excluding carboxylic acids is 1. The first kappa shape index (κ1) is 18.0. The molecule has 1 N–H and O–H groups in total. The molecule has 1 amide bonds. The first-order valence-corrected chi connectivity index (χ1v) is 10.0. The lowest BCUT2D eigenvalue weighted by Crippen LogP contribution is -2.50. The van der Waals surface area contributed by atoms with Gasteiger partial charge in [-0.3, -0.25) is 9.69 Å². The van der Waals surface area contributed by atoms with Gasteiger partial charge in [-0.25, -0.2) is 0 Å². The first-order chi connectivity index (χ1) is 12.7. The predicted molar refractivity (Wildman–Crippen MR) is 99.8 cm³/mol. The van der Waals surface area contributed by atoms with Gasteiger partial charge in [0, 0.05) is 32.0 Å². The van der Waals surface area contributed by atoms with Crippen molar-refractivity contribution in [1.82, 2.24) is 10.2 Å². The number of rotatable bonds is 4. The largest absolute Gasteiger partial charge is 0.352 e. The van der Waals surface area contributed by atoms with E-state index in [9.17, 15) is 4.79 Å². The highest BCUT2D eigenvalue weighted by Crippen LogP contribution is 2.35. The molecule has 0 radical (unpaired) electrons. The van der Waals surface area contributed by atoms with Crippen LogP contribution in [0.4, 0.5) is 0 Å². The van der Waals surface area contributed by atoms with Crippen LogP contribution in [-0.2, 0) is 14.3 Å². The summed E-state index contributed by atoms with van der Waals surface area (Å²) in [7, 11) is 0. The van der Waals surface area contributed by atoms with Crippen LogP contribution < -0.4 is 5.32 Å². The minimum atomic E-state index is -0.406. The number of hydrogen-bond donors (Lipinski definition) is 1. The molecular weight excluding hydrogens is 328 g/mol. The molecule has 2 saturated heterocycles. The van der Waals surface area contributed by atoms with Crippen molar-refractivity contribution in [3.05, 3.63) is 35.4 Å². The quantitative estimate of drug-likeness (QED) is 0.899. The highest BCUT2D eigenvalue weighted by Gasteiger charge is 2.42. The van der Waals surface area contributed by atoms with Crippen molar-refractivity contribution >= 4 is 5.91 Å². The van der Waals surface area contributed by atoms with Crippen LogP contribution in [0.3, 0.4) is 0 Å². The van der Waals surface area contributed by atoms with Gasteiger partial charge in [-0.1, -0.05) is 42.7 Å². The van der Waals surface area contributed by atoms with Gasteiger partial charge in [0.15, 0.2) is 5.79 Å². The Morgan fingerprint density at radius 1 is 1.12 bits per heavy atom. The van der Waals surface area contributed by atoms with Gasteiger partial charge in [-0.2, -0.15) is 0 Å². The monoisotopic (exact) mass is 358 g/mol. The maximum atomic E-state index is 13.2. The van der Waals surface area contributed by atoms with Crippen molar-refractivity contribution in [2.75, 3.05) is 26.3 Å². The summed E-state index contributed by atoms with van der Waals surface area (Å²) < 4.78 is 11.7. The van der Waals surface area contributed by atoms with E-state index in [1.807, 2.05) is 0 Å². The van der Waals surface area contributed by atoms with Crippen molar-refractivity contribution in [3.63, 3.8) is 0 Å². The van der Waals surface area contributed by atoms with Crippen LogP contribution in [0.5, 0.6) is 0 Å². The van der Waals surface area contributed by atoms with Crippen LogP contribution in [0, 0.1) is 6.92 Å². The Morgan fingerprint density at radius 2 is 1.73 bits per heavy atom. The number of likely N-dealkylation sites (tertiary alicyclic amines) is 1. The lowest BCUT2D eigenvalue weighted by molar-refractivity contribution is -0.189. The fourth-order valence-electron chi connectivity index (χ4n) is 4.54. The second-order valence-corrected chi connectivity index (χ2v) is 7.95. The normalized spacial score (nSPS) is 24.8. The molecule has 1 unspecified atom stereocenters. The lowest BCUT2D eigenvalue weighted by Gasteiger charge is -2.41. The summed E-state index contributed by atoms with van der Waals surface area (Å²) in [5.41, 5.74) is 2.30. The zero-order chi connectivity index (χ0) is 18.0. The molecule has 0 aromatic heterocycles. The molecule has 2 heterocycles. The maximum absolute atomic E-state index is 13.2. The van der Waals surface area contributed by atoms with E-state index in [2.05, 4.69) is 41.4 Å². The van der Waals surface area contributed by atoms with Crippen LogP contribution in [-0.4, -0.2) is 48.9 Å². The molecule has 3 aliphatic rings. The number of benzene rings is 1. The molecule has 1 aromatic rings. The summed E-state index contributed by atoms with van der Waals surface area (Å²) in [6.45, 7) is 5.08. The standard InChI is InChI=1S/C21H30N2O3/c1-16-6-8-17(9-7-16)19(20(24)22-18-4-2-3-5-18)23-12-10-21(11-13-23)25-14-15-26-21/h6-9,18-19H,2-5,10-15H2,1H3,(H,22,24). The molecule has 2 aliphatic heterocycles. The number of ether oxygens (including phenoxy) is 2. The summed E-state index contributed by atoms with van der Waals surface area (Å²) in [4.78, 5) is 15.5. The molecule has 4 rings (SSSR count). The third-order valence-electron chi connectivity index (χ3n) is 6.08. The Bertz CT molecular complexity index is 609. The van der Waals surface area contributed by atoms with E-state index in [0.717, 1.165) is 44.3 Å². The Kier molecular flexibility index (Phi) is 5.30. The molecule has 3 fully saturated rings. The van der Waals surface area contributed by atoms with Crippen molar-refractivity contribution in [1.29, 1.82) is 0 Å². The van der Waals surface area contributed by atoms with E-state index in [1.54, 1.807) is 0 Å². The van der Waals surface area contributed by atoms with Crippen molar-refractivity contribution in [2.45, 2.75) is 63.3 Å². The molecule has 1 aliphatic carbocycles. The second-order valence-electron chi connectivity index (χ2n) is 7.95. The van der Waals surface area contributed by atoms with E-state index < -0.39 is 5.79 Å². The molecule has 1 atom stereocenters. The number of nitrogens with zero attached hydrogens (tertiary/aromatic N) is 1. The Labute approximate surface area is 156 Å². The summed E-state index contributed by atoms with van der Waals surface area (Å²) in [6.07, 6.45) is 6.31. The second kappa shape index (κ2) is 7.67. The Hall–Kier alpha value is -1.43. The van der Waals surface area contributed by atoms with Crippen LogP contribution in [0.1, 0.15) is 55.7 Å². The fourth-order valence-corrected chi connectivity index (χ4v) is 4.54. The number of hydrogen-bond acceptors (Lipinski definition) is 4. The highest BCUT2D eigenvalue weighted by atomic mass is 16.7. The van der Waals surface area contributed by atoms with Crippen LogP contribution >= 0.6 is 0 Å². The highest BCUT2D eigenvalue weighted by molar-refractivity contribution is 5.83. The number of carbonyl (C=O) groups is 1. The fraction of sp³-hybridized carbons (Fsp3) is 0.667. The zero-order valence-corrected chi connectivity index (χ0v) is 15.7. The molecular formula is C21H30N2O3. The van der Waals surface area contributed by atoms with E-state index in [1.165, 1.54) is 18.4 Å². The zero-order valence-electron chi connectivity index (χ0n) is 15.7. The average molecular weight is 358 g/mol. The van der Waals surface area contributed by atoms with Crippen molar-refractivity contribution in [2.24, 2.45) is 0 Å². The first-order valence-electron chi connectivity index (χ1n) is 10.0. The smallest absolute Gasteiger partial charge is 0.242 e. The number of amides is 1. The van der Waals surface area contributed by atoms with E-state index >= 15 is 0 Å². The van der Waals surface area contributed by atoms with Gasteiger partial charge in [-0.15, -0.1) is 0 Å². The topological polar surface area (TPSA) is 50.8 Å². The van der Waals surface area contributed by atoms with Crippen LogP contribution in [0.2, 0.25) is 0 Å². The van der Waals surface area contributed by atoms with Crippen LogP contribution in [0.15, 0.2) is 24.3 Å². The van der Waals surface area contributed by atoms with Crippen molar-refractivity contribution in [3.8, 4) is 0 Å². The van der Waals surface area contributed by atoms with Crippen molar-refractivity contribution < 1.29 is 14.3 Å². The van der Waals surface area contributed by atoms with Gasteiger partial charge in [-0.05, 0) is 25.3 Å². The molecule has 1 aromatic carbocycles. The minimum absolute atomic E-state index is 0.143. The average Bonchev–Trinajstić information content (AvgIpc) is 3.31. The minimum Gasteiger partial charge on any atom is -0.352 e. The van der Waals surface area contributed by atoms with Gasteiger partial charge in [0.2, 0.25) is 5.91 Å². The van der Waals surface area contributed by atoms with Crippen LogP contribution in [0.25, 0.3) is 0 Å². The predicted octanol–water partition coefficient (Wildman–Crippen LogP) is 2.93. The maximum Gasteiger partial charge on any atom is 0.242 e. The van der Waals surface area contributed by atoms with E-state index in [0.29, 0.717) is 19.3 Å². The number of aryl methyl sites for hydroxylation is 1.